The van der Waals surface area contributed by atoms with E-state index >= 15 is 0 Å². The number of carboxylic acid groups (broad SMARTS) is 1. The zero-order valence-electron chi connectivity index (χ0n) is 85.4. The average molecular weight is 2140 g/mol. The molecule has 8 aliphatic rings. The molecule has 148 heavy (non-hydrogen) atoms. The van der Waals surface area contributed by atoms with E-state index in [2.05, 4.69) is 40.4 Å². The van der Waals surface area contributed by atoms with Gasteiger partial charge in [-0.1, -0.05) is 193 Å². The molecular weight excluding hydrogens is 1970 g/mol. The number of amides is 5. The van der Waals surface area contributed by atoms with Crippen LogP contribution in [-0.2, 0) is 105 Å². The Hall–Kier alpha value is -5.00. The van der Waals surface area contributed by atoms with Crippen molar-refractivity contribution in [2.45, 2.75) is 504 Å². The van der Waals surface area contributed by atoms with Crippen LogP contribution < -0.4 is 26.6 Å². The third-order valence-electron chi connectivity index (χ3n) is 28.2. The van der Waals surface area contributed by atoms with Gasteiger partial charge in [0.1, 0.15) is 189 Å². The predicted molar refractivity (Wildman–Crippen MR) is 509 cm³/mol. The molecule has 8 heterocycles. The number of carbonyl (C=O) groups is 6. The van der Waals surface area contributed by atoms with Crippen LogP contribution in [0.15, 0.2) is 12.2 Å². The number of rotatable bonds is 65. The van der Waals surface area contributed by atoms with Crippen molar-refractivity contribution in [2.75, 3.05) is 59.5 Å². The van der Waals surface area contributed by atoms with Gasteiger partial charge in [-0.05, 0) is 19.3 Å². The number of allylic oxidation sites excluding steroid dienone is 1. The van der Waals surface area contributed by atoms with Gasteiger partial charge < -0.3 is 225 Å². The van der Waals surface area contributed by atoms with Crippen LogP contribution >= 0.6 is 0 Å². The van der Waals surface area contributed by atoms with Crippen LogP contribution in [0.5, 0.6) is 0 Å². The standard InChI is InChI=1S/C97H171N5O46/c1-7-9-11-13-15-17-19-21-22-23-24-26-28-30-32-34-36-38-64(117)102-53(54(114)37-35-33-31-29-27-25-20-18-16-14-12-10-8-2)47-133-92-78(127)77(126)84(62(46-109)140-92)144-93-79(128)86(71(120)58(42-105)136-93)145-90-67(100-51(5)112)75(124)82(60(44-107)138-90)142-94-80(129)87(73(122)63(141-94)48-134-89-66(99-50(4)111)74(123)70(119)57(41-104)135-89)146-91-68(101-52(6)113)76(125)83(61(45-108)139-91)143-95-81(130)88(72(121)59(43-106)137-95)148-97(96(131)132)39-55(115)65(98-49(3)110)85(147-97)69(118)56(116)40-103/h35,37,53-63,65-95,103-109,114-116,118-130H,7-34,36,38-48H2,1-6H3,(H,98,110)(H,99,111)(H,100,112)(H,101,113)(H,102,117)(H,131,132)/b37-35+/t53-,54+,55?,56+,57?,58?,59?,60?,61?,62?,63?,65+,66?,67?,68?,69+,70+,71-,72-,73-,74+,75+,76+,77+,78?,79?,80?,81?,82+,83+,84+,85?,86-,87-,88-,89+,90-,91+,92+,93-,94-,95-,97-/m0/s1. The van der Waals surface area contributed by atoms with Crippen LogP contribution in [0.25, 0.3) is 0 Å². The molecule has 51 nitrogen and oxygen atoms in total. The van der Waals surface area contributed by atoms with Crippen LogP contribution in [0.4, 0.5) is 0 Å². The number of aliphatic hydroxyl groups is 23. The largest absolute Gasteiger partial charge is 0.477 e. The fourth-order valence-corrected chi connectivity index (χ4v) is 19.8. The maximum atomic E-state index is 13.7. The Kier molecular flexibility index (Phi) is 56.5. The maximum Gasteiger partial charge on any atom is 0.364 e. The number of aliphatic carboxylic acids is 1. The quantitative estimate of drug-likeness (QED) is 0.0199. The van der Waals surface area contributed by atoms with Gasteiger partial charge in [-0.3, -0.25) is 24.0 Å². The lowest BCUT2D eigenvalue weighted by molar-refractivity contribution is -0.393. The molecule has 8 aliphatic heterocycles. The Morgan fingerprint density at radius 2 is 0.703 bits per heavy atom. The molecule has 8 fully saturated rings. The fraction of sp³-hybridized carbons (Fsp3) is 0.918. The average Bonchev–Trinajstić information content (AvgIpc) is 0.765. The minimum atomic E-state index is -3.30. The third-order valence-corrected chi connectivity index (χ3v) is 28.2. The first-order chi connectivity index (χ1) is 70.7. The Labute approximate surface area is 861 Å². The van der Waals surface area contributed by atoms with E-state index in [0.717, 1.165) is 91.9 Å². The number of nitrogens with one attached hydrogen (secondary N) is 5. The number of hydrogen-bond acceptors (Lipinski definition) is 45. The molecule has 0 spiro atoms. The summed E-state index contributed by atoms with van der Waals surface area (Å²) in [6, 6.07) is -8.66. The van der Waals surface area contributed by atoms with Gasteiger partial charge in [0, 0.05) is 40.5 Å². The van der Waals surface area contributed by atoms with Crippen molar-refractivity contribution in [1.29, 1.82) is 0 Å². The van der Waals surface area contributed by atoms with Gasteiger partial charge in [0.25, 0.3) is 5.79 Å². The molecule has 5 amide bonds. The lowest BCUT2D eigenvalue weighted by Crippen LogP contribution is -2.71. The number of carboxylic acids is 1. The van der Waals surface area contributed by atoms with Crippen molar-refractivity contribution >= 4 is 35.5 Å². The highest BCUT2D eigenvalue weighted by Gasteiger charge is 2.63. The number of hydrogen-bond donors (Lipinski definition) is 29. The summed E-state index contributed by atoms with van der Waals surface area (Å²) in [4.78, 5) is 78.5. The van der Waals surface area contributed by atoms with E-state index in [0.29, 0.717) is 12.8 Å². The minimum absolute atomic E-state index is 0.132. The second-order valence-electron chi connectivity index (χ2n) is 39.9. The molecule has 0 aromatic heterocycles. The van der Waals surface area contributed by atoms with E-state index in [-0.39, 0.29) is 12.3 Å². The summed E-state index contributed by atoms with van der Waals surface area (Å²) in [6.07, 6.45) is -43.2. The monoisotopic (exact) mass is 2140 g/mol. The van der Waals surface area contributed by atoms with Crippen molar-refractivity contribution in [3.63, 3.8) is 0 Å². The van der Waals surface area contributed by atoms with E-state index in [1.807, 2.05) is 6.08 Å². The van der Waals surface area contributed by atoms with E-state index in [4.69, 9.17) is 75.8 Å². The molecule has 0 aromatic carbocycles. The lowest BCUT2D eigenvalue weighted by Gasteiger charge is -2.51. The van der Waals surface area contributed by atoms with Crippen LogP contribution in [0.1, 0.15) is 241 Å². The smallest absolute Gasteiger partial charge is 0.364 e. The van der Waals surface area contributed by atoms with Crippen molar-refractivity contribution in [3.05, 3.63) is 12.2 Å². The van der Waals surface area contributed by atoms with Crippen molar-refractivity contribution in [3.8, 4) is 0 Å². The van der Waals surface area contributed by atoms with E-state index in [1.54, 1.807) is 6.08 Å². The zero-order valence-corrected chi connectivity index (χ0v) is 85.4. The van der Waals surface area contributed by atoms with E-state index in [9.17, 15) is 151 Å². The Morgan fingerprint density at radius 3 is 1.11 bits per heavy atom. The highest BCUT2D eigenvalue weighted by atomic mass is 16.8. The molecule has 16 unspecified atom stereocenters. The molecule has 0 bridgehead atoms. The minimum Gasteiger partial charge on any atom is -0.477 e. The van der Waals surface area contributed by atoms with Crippen molar-refractivity contribution in [1.82, 2.24) is 26.6 Å². The van der Waals surface area contributed by atoms with Gasteiger partial charge >= 0.3 is 5.97 Å². The van der Waals surface area contributed by atoms with Crippen molar-refractivity contribution < 1.29 is 227 Å². The van der Waals surface area contributed by atoms with Gasteiger partial charge in [-0.15, -0.1) is 0 Å². The first-order valence-corrected chi connectivity index (χ1v) is 52.6. The summed E-state index contributed by atoms with van der Waals surface area (Å²) >= 11 is 0. The summed E-state index contributed by atoms with van der Waals surface area (Å²) in [7, 11) is 0. The zero-order chi connectivity index (χ0) is 109. The topological polar surface area (TPSA) is 796 Å². The molecule has 0 aromatic rings. The first kappa shape index (κ1) is 128. The molecule has 860 valence electrons. The Morgan fingerprint density at radius 1 is 0.358 bits per heavy atom. The highest BCUT2D eigenvalue weighted by molar-refractivity contribution is 5.77. The van der Waals surface area contributed by atoms with E-state index in [1.165, 1.54) is 109 Å². The summed E-state index contributed by atoms with van der Waals surface area (Å²) in [6.45, 7) is -1.32. The molecule has 0 aliphatic carbocycles. The van der Waals surface area contributed by atoms with Gasteiger partial charge in [0.2, 0.25) is 29.5 Å². The maximum absolute atomic E-state index is 13.7. The van der Waals surface area contributed by atoms with Crippen LogP contribution in [0.2, 0.25) is 0 Å². The molecule has 29 N–H and O–H groups in total. The number of unbranched alkanes of at least 4 members (excludes halogenated alkanes) is 27. The summed E-state index contributed by atoms with van der Waals surface area (Å²) < 4.78 is 96.0. The summed E-state index contributed by atoms with van der Waals surface area (Å²) in [5.74, 6) is -9.52. The van der Waals surface area contributed by atoms with Gasteiger partial charge in [0.15, 0.2) is 44.0 Å². The molecule has 51 heteroatoms. The Balaban J connectivity index is 0.985. The number of carbonyl (C=O) groups excluding carboxylic acids is 5. The fourth-order valence-electron chi connectivity index (χ4n) is 19.8. The summed E-state index contributed by atoms with van der Waals surface area (Å²) in [5.41, 5.74) is 0. The Bertz CT molecular complexity index is 3810. The first-order valence-electron chi connectivity index (χ1n) is 52.6. The second kappa shape index (κ2) is 65.3. The molecule has 43 atom stereocenters. The van der Waals surface area contributed by atoms with E-state index < -0.39 is 359 Å². The normalized spacial score (nSPS) is 37.7. The predicted octanol–water partition coefficient (Wildman–Crippen LogP) is -6.50. The van der Waals surface area contributed by atoms with Gasteiger partial charge in [-0.2, -0.15) is 0 Å². The van der Waals surface area contributed by atoms with Gasteiger partial charge in [0.05, 0.1) is 83.8 Å². The summed E-state index contributed by atoms with van der Waals surface area (Å²) in [5, 5.41) is 286. The highest BCUT2D eigenvalue weighted by Crippen LogP contribution is 2.42. The van der Waals surface area contributed by atoms with Crippen LogP contribution in [0.3, 0.4) is 0 Å². The van der Waals surface area contributed by atoms with Gasteiger partial charge in [-0.25, -0.2) is 4.79 Å². The number of aliphatic hydroxyl groups excluding tert-OH is 23. The van der Waals surface area contributed by atoms with Crippen LogP contribution in [-0.4, -0.2) is 481 Å². The lowest BCUT2D eigenvalue weighted by atomic mass is 9.88. The molecule has 0 radical (unpaired) electrons. The molecule has 8 rings (SSSR count). The number of ether oxygens (including phenoxy) is 16. The third kappa shape index (κ3) is 36.8. The second-order valence-corrected chi connectivity index (χ2v) is 39.9. The SMILES string of the molecule is CCCCCCCCCCCCC/C=C/[C@@H](O)[C@H](CO[C@@H]1OC(CO)[C@@H](O[C@@H]2OC(CO)[C@H](O)[C@H](O[C@@H]3OC(CO)[C@@H](O[C@@H]4OC(CO[C@@H]5OC(CO)[C@@H](O)[C@H](O)C5NC(C)=O)[C@H](O)[C@H](O[C@H]5OC(CO)[C@@H](O[C@@H]6OC(CO)[C@H](O)[C@H](O[C@]7(C(=O)O)CC(O)[C@@H](NC(C)=O)C([C@H](O)[C@H](O)CO)O7)C6O)[C@H](O)C5NC(C)=O)C4O)[C@H](O)C3NC(C)=O)C2O)[C@H](O)C1O)NC(=O)CCCCCCCCCCCCCCCCCCC. The van der Waals surface area contributed by atoms with Crippen LogP contribution in [0, 0.1) is 0 Å². The molecule has 8 saturated heterocycles. The molecular formula is C97H171N5O46. The molecule has 0 saturated carbocycles. The van der Waals surface area contributed by atoms with Crippen molar-refractivity contribution in [2.24, 2.45) is 0 Å².